The molecule has 110 valence electrons. The summed E-state index contributed by atoms with van der Waals surface area (Å²) in [5.74, 6) is 1.62. The van der Waals surface area contributed by atoms with E-state index in [0.717, 1.165) is 11.5 Å². The molecule has 0 aliphatic carbocycles. The zero-order valence-corrected chi connectivity index (χ0v) is 13.9. The molecule has 0 unspecified atom stereocenters. The average molecular weight is 264 g/mol. The number of hydrogen-bond donors (Lipinski definition) is 0. The maximum atomic E-state index is 5.46. The summed E-state index contributed by atoms with van der Waals surface area (Å²) >= 11 is 0. The summed E-state index contributed by atoms with van der Waals surface area (Å²) in [6, 6.07) is 9.65. The first-order chi connectivity index (χ1) is 9.28. The molecule has 1 rings (SSSR count). The van der Waals surface area contributed by atoms with Crippen LogP contribution in [0.15, 0.2) is 54.8 Å². The van der Waals surface area contributed by atoms with Crippen molar-refractivity contribution in [1.82, 2.24) is 0 Å². The van der Waals surface area contributed by atoms with Crippen LogP contribution >= 0.6 is 0 Å². The summed E-state index contributed by atoms with van der Waals surface area (Å²) in [4.78, 5) is 0. The van der Waals surface area contributed by atoms with Crippen LogP contribution in [0.2, 0.25) is 0 Å². The zero-order chi connectivity index (χ0) is 15.5. The third kappa shape index (κ3) is 16.5. The zero-order valence-electron chi connectivity index (χ0n) is 13.9. The van der Waals surface area contributed by atoms with E-state index in [-0.39, 0.29) is 0 Å². The van der Waals surface area contributed by atoms with Crippen molar-refractivity contribution in [3.05, 3.63) is 54.8 Å². The van der Waals surface area contributed by atoms with Crippen LogP contribution in [0.3, 0.4) is 0 Å². The molecule has 0 aromatic heterocycles. The Morgan fingerprint density at radius 2 is 1.47 bits per heavy atom. The van der Waals surface area contributed by atoms with Gasteiger partial charge in [-0.25, -0.2) is 0 Å². The molecule has 0 radical (unpaired) electrons. The Morgan fingerprint density at radius 1 is 1.05 bits per heavy atom. The van der Waals surface area contributed by atoms with Crippen LogP contribution in [0, 0.1) is 0 Å². The fourth-order valence-corrected chi connectivity index (χ4v) is 0.843. The fraction of sp³-hybridized carbons (Fsp3) is 0.444. The quantitative estimate of drug-likeness (QED) is 0.440. The SMILES string of the molecule is C=C/C(=C\C)Oc1ccccc1.CC.CC.CCC. The first-order valence-electron chi connectivity index (χ1n) is 7.30. The molecule has 0 aliphatic heterocycles. The Bertz CT molecular complexity index is 286. The minimum Gasteiger partial charge on any atom is -0.458 e. The molecule has 0 saturated heterocycles. The number of rotatable bonds is 3. The molecule has 0 bridgehead atoms. The summed E-state index contributed by atoms with van der Waals surface area (Å²) in [6.07, 6.45) is 4.81. The summed E-state index contributed by atoms with van der Waals surface area (Å²) < 4.78 is 5.46. The highest BCUT2D eigenvalue weighted by Gasteiger charge is 1.92. The minimum absolute atomic E-state index is 0.779. The average Bonchev–Trinajstić information content (AvgIpc) is 2.51. The Labute approximate surface area is 121 Å². The Balaban J connectivity index is -0.000000313. The molecule has 0 aliphatic rings. The second-order valence-corrected chi connectivity index (χ2v) is 3.02. The van der Waals surface area contributed by atoms with E-state index in [0.29, 0.717) is 0 Å². The minimum atomic E-state index is 0.779. The van der Waals surface area contributed by atoms with Gasteiger partial charge in [-0.2, -0.15) is 0 Å². The van der Waals surface area contributed by atoms with Crippen LogP contribution in [0.1, 0.15) is 54.9 Å². The van der Waals surface area contributed by atoms with E-state index in [4.69, 9.17) is 4.74 Å². The van der Waals surface area contributed by atoms with Gasteiger partial charge in [0, 0.05) is 0 Å². The van der Waals surface area contributed by atoms with Crippen molar-refractivity contribution < 1.29 is 4.74 Å². The van der Waals surface area contributed by atoms with Gasteiger partial charge in [0.15, 0.2) is 0 Å². The van der Waals surface area contributed by atoms with Crippen molar-refractivity contribution in [2.45, 2.75) is 54.9 Å². The number of para-hydroxylation sites is 1. The van der Waals surface area contributed by atoms with E-state index in [1.807, 2.05) is 71.0 Å². The predicted molar refractivity (Wildman–Crippen MR) is 89.7 cm³/mol. The molecule has 1 aromatic carbocycles. The van der Waals surface area contributed by atoms with Crippen LogP contribution in [0.25, 0.3) is 0 Å². The van der Waals surface area contributed by atoms with Crippen molar-refractivity contribution in [2.75, 3.05) is 0 Å². The van der Waals surface area contributed by atoms with Gasteiger partial charge in [-0.1, -0.05) is 72.7 Å². The fourth-order valence-electron chi connectivity index (χ4n) is 0.843. The van der Waals surface area contributed by atoms with E-state index in [1.54, 1.807) is 6.08 Å². The number of benzene rings is 1. The standard InChI is InChI=1S/C11H12O.C3H8.2C2H6/c1-3-10(4-2)12-11-8-6-5-7-9-11;1-3-2;2*1-2/h3-9H,1H2,2H3;3H2,1-2H3;2*1-2H3/b10-4+;;;. The van der Waals surface area contributed by atoms with Gasteiger partial charge >= 0.3 is 0 Å². The van der Waals surface area contributed by atoms with Gasteiger partial charge < -0.3 is 4.74 Å². The third-order valence-electron chi connectivity index (χ3n) is 1.46. The van der Waals surface area contributed by atoms with Crippen LogP contribution in [0.4, 0.5) is 0 Å². The lowest BCUT2D eigenvalue weighted by Gasteiger charge is -2.04. The largest absolute Gasteiger partial charge is 0.458 e. The smallest absolute Gasteiger partial charge is 0.127 e. The summed E-state index contributed by atoms with van der Waals surface area (Å²) in [5, 5.41) is 0. The van der Waals surface area contributed by atoms with Crippen LogP contribution < -0.4 is 4.74 Å². The molecule has 1 aromatic rings. The van der Waals surface area contributed by atoms with Gasteiger partial charge in [-0.3, -0.25) is 0 Å². The molecule has 0 saturated carbocycles. The molecule has 19 heavy (non-hydrogen) atoms. The van der Waals surface area contributed by atoms with E-state index in [1.165, 1.54) is 6.42 Å². The van der Waals surface area contributed by atoms with Crippen LogP contribution in [-0.2, 0) is 0 Å². The summed E-state index contributed by atoms with van der Waals surface area (Å²) in [7, 11) is 0. The molecule has 0 heterocycles. The number of allylic oxidation sites excluding steroid dienone is 2. The lowest BCUT2D eigenvalue weighted by molar-refractivity contribution is 0.443. The molecule has 0 fully saturated rings. The van der Waals surface area contributed by atoms with Crippen LogP contribution in [0.5, 0.6) is 5.75 Å². The van der Waals surface area contributed by atoms with Crippen LogP contribution in [-0.4, -0.2) is 0 Å². The maximum absolute atomic E-state index is 5.46. The van der Waals surface area contributed by atoms with Crippen molar-refractivity contribution in [1.29, 1.82) is 0 Å². The third-order valence-corrected chi connectivity index (χ3v) is 1.46. The first kappa shape index (κ1) is 22.7. The van der Waals surface area contributed by atoms with Gasteiger partial charge in [0.05, 0.1) is 0 Å². The van der Waals surface area contributed by atoms with Crippen molar-refractivity contribution in [3.8, 4) is 5.75 Å². The first-order valence-corrected chi connectivity index (χ1v) is 7.30. The second-order valence-electron chi connectivity index (χ2n) is 3.02. The molecule has 0 amide bonds. The Morgan fingerprint density at radius 3 is 1.79 bits per heavy atom. The van der Waals surface area contributed by atoms with Gasteiger partial charge in [-0.05, 0) is 31.2 Å². The summed E-state index contributed by atoms with van der Waals surface area (Å²) in [6.45, 7) is 17.8. The lowest BCUT2D eigenvalue weighted by atomic mass is 10.3. The Hall–Kier alpha value is -1.50. The number of hydrogen-bond acceptors (Lipinski definition) is 1. The summed E-state index contributed by atoms with van der Waals surface area (Å²) in [5.41, 5.74) is 0. The molecular formula is C18H32O. The van der Waals surface area contributed by atoms with Gasteiger partial charge in [0.25, 0.3) is 0 Å². The Kier molecular flexibility index (Phi) is 25.9. The van der Waals surface area contributed by atoms with E-state index < -0.39 is 0 Å². The van der Waals surface area contributed by atoms with E-state index in [2.05, 4.69) is 20.4 Å². The van der Waals surface area contributed by atoms with E-state index in [9.17, 15) is 0 Å². The predicted octanol–water partition coefficient (Wildman–Crippen LogP) is 6.62. The van der Waals surface area contributed by atoms with E-state index >= 15 is 0 Å². The molecule has 0 spiro atoms. The molecular weight excluding hydrogens is 232 g/mol. The van der Waals surface area contributed by atoms with Gasteiger partial charge in [-0.15, -0.1) is 0 Å². The van der Waals surface area contributed by atoms with Crippen molar-refractivity contribution in [2.24, 2.45) is 0 Å². The molecule has 1 heteroatoms. The van der Waals surface area contributed by atoms with Crippen molar-refractivity contribution >= 4 is 0 Å². The number of ether oxygens (including phenoxy) is 1. The van der Waals surface area contributed by atoms with Gasteiger partial charge in [0.2, 0.25) is 0 Å². The lowest BCUT2D eigenvalue weighted by Crippen LogP contribution is -1.89. The van der Waals surface area contributed by atoms with Crippen molar-refractivity contribution in [3.63, 3.8) is 0 Å². The highest BCUT2D eigenvalue weighted by atomic mass is 16.5. The highest BCUT2D eigenvalue weighted by molar-refractivity contribution is 5.25. The molecule has 0 N–H and O–H groups in total. The second kappa shape index (κ2) is 21.8. The molecule has 0 atom stereocenters. The topological polar surface area (TPSA) is 9.23 Å². The van der Waals surface area contributed by atoms with Gasteiger partial charge in [0.1, 0.15) is 11.5 Å². The highest BCUT2D eigenvalue weighted by Crippen LogP contribution is 2.12. The maximum Gasteiger partial charge on any atom is 0.127 e. The molecule has 1 nitrogen and oxygen atoms in total. The monoisotopic (exact) mass is 264 g/mol. The normalized spacial score (nSPS) is 8.47.